The zero-order valence-corrected chi connectivity index (χ0v) is 11.2. The first-order chi connectivity index (χ1) is 8.49. The van der Waals surface area contributed by atoms with Crippen LogP contribution >= 0.6 is 0 Å². The van der Waals surface area contributed by atoms with E-state index in [1.54, 1.807) is 0 Å². The highest BCUT2D eigenvalue weighted by atomic mass is 15.1. The number of aromatic nitrogens is 2. The summed E-state index contributed by atoms with van der Waals surface area (Å²) in [5, 5.41) is 0. The van der Waals surface area contributed by atoms with E-state index in [0.717, 1.165) is 22.5 Å². The largest absolute Gasteiger partial charge is 0.383 e. The molecule has 0 aliphatic carbocycles. The molecule has 0 fully saturated rings. The molecule has 1 aromatic carbocycles. The van der Waals surface area contributed by atoms with Crippen LogP contribution in [0.5, 0.6) is 0 Å². The SMILES string of the molecule is Cc1nc(-c2ccc(N(C)C)cc2)nc(N)c1C. The Balaban J connectivity index is 2.43. The Bertz CT molecular complexity index is 536. The van der Waals surface area contributed by atoms with Crippen LogP contribution in [0.1, 0.15) is 11.3 Å². The molecule has 0 unspecified atom stereocenters. The van der Waals surface area contributed by atoms with Gasteiger partial charge in [0.05, 0.1) is 0 Å². The molecule has 4 heteroatoms. The highest BCUT2D eigenvalue weighted by Gasteiger charge is 2.07. The smallest absolute Gasteiger partial charge is 0.161 e. The van der Waals surface area contributed by atoms with Crippen LogP contribution in [-0.2, 0) is 0 Å². The summed E-state index contributed by atoms with van der Waals surface area (Å²) >= 11 is 0. The molecule has 0 amide bonds. The van der Waals surface area contributed by atoms with E-state index in [1.165, 1.54) is 0 Å². The number of nitrogens with zero attached hydrogens (tertiary/aromatic N) is 3. The summed E-state index contributed by atoms with van der Waals surface area (Å²) in [6, 6.07) is 8.12. The van der Waals surface area contributed by atoms with E-state index >= 15 is 0 Å². The first kappa shape index (κ1) is 12.4. The van der Waals surface area contributed by atoms with Crippen LogP contribution in [0.3, 0.4) is 0 Å². The van der Waals surface area contributed by atoms with Gasteiger partial charge in [0.2, 0.25) is 0 Å². The first-order valence-corrected chi connectivity index (χ1v) is 5.87. The normalized spacial score (nSPS) is 10.4. The van der Waals surface area contributed by atoms with Crippen LogP contribution in [0.15, 0.2) is 24.3 Å². The Morgan fingerprint density at radius 2 is 1.61 bits per heavy atom. The van der Waals surface area contributed by atoms with Crippen molar-refractivity contribution < 1.29 is 0 Å². The highest BCUT2D eigenvalue weighted by Crippen LogP contribution is 2.22. The molecule has 0 radical (unpaired) electrons. The van der Waals surface area contributed by atoms with Crippen LogP contribution in [-0.4, -0.2) is 24.1 Å². The van der Waals surface area contributed by atoms with E-state index in [9.17, 15) is 0 Å². The van der Waals surface area contributed by atoms with Gasteiger partial charge >= 0.3 is 0 Å². The minimum Gasteiger partial charge on any atom is -0.383 e. The van der Waals surface area contributed by atoms with Gasteiger partial charge in [-0.25, -0.2) is 9.97 Å². The van der Waals surface area contributed by atoms with E-state index in [1.807, 2.05) is 52.2 Å². The van der Waals surface area contributed by atoms with E-state index in [4.69, 9.17) is 5.73 Å². The predicted molar refractivity (Wildman–Crippen MR) is 75.7 cm³/mol. The molecule has 1 heterocycles. The predicted octanol–water partition coefficient (Wildman–Crippen LogP) is 2.41. The fraction of sp³-hybridized carbons (Fsp3) is 0.286. The molecule has 0 saturated carbocycles. The van der Waals surface area contributed by atoms with Gasteiger partial charge in [0.1, 0.15) is 5.82 Å². The van der Waals surface area contributed by atoms with Crippen molar-refractivity contribution in [2.75, 3.05) is 24.7 Å². The van der Waals surface area contributed by atoms with Gasteiger partial charge < -0.3 is 10.6 Å². The van der Waals surface area contributed by atoms with E-state index in [2.05, 4.69) is 14.9 Å². The number of nitrogen functional groups attached to an aromatic ring is 1. The molecule has 2 rings (SSSR count). The summed E-state index contributed by atoms with van der Waals surface area (Å²) in [6.07, 6.45) is 0. The minimum atomic E-state index is 0.550. The van der Waals surface area contributed by atoms with Gasteiger partial charge in [0, 0.05) is 36.6 Å². The van der Waals surface area contributed by atoms with Gasteiger partial charge in [-0.2, -0.15) is 0 Å². The van der Waals surface area contributed by atoms with Crippen molar-refractivity contribution in [3.63, 3.8) is 0 Å². The fourth-order valence-corrected chi connectivity index (χ4v) is 1.69. The third kappa shape index (κ3) is 2.27. The summed E-state index contributed by atoms with van der Waals surface area (Å²) in [5.74, 6) is 1.23. The zero-order valence-electron chi connectivity index (χ0n) is 11.2. The molecule has 0 aliphatic rings. The monoisotopic (exact) mass is 242 g/mol. The van der Waals surface area contributed by atoms with Gasteiger partial charge in [0.25, 0.3) is 0 Å². The molecular weight excluding hydrogens is 224 g/mol. The number of benzene rings is 1. The number of anilines is 2. The summed E-state index contributed by atoms with van der Waals surface area (Å²) < 4.78 is 0. The van der Waals surface area contributed by atoms with Crippen molar-refractivity contribution >= 4 is 11.5 Å². The standard InChI is InChI=1S/C14H18N4/c1-9-10(2)16-14(17-13(9)15)11-5-7-12(8-6-11)18(3)4/h5-8H,1-4H3,(H2,15,16,17). The second kappa shape index (κ2) is 4.64. The van der Waals surface area contributed by atoms with Crippen LogP contribution in [0.25, 0.3) is 11.4 Å². The summed E-state index contributed by atoms with van der Waals surface area (Å²) in [4.78, 5) is 10.9. The van der Waals surface area contributed by atoms with E-state index in [-0.39, 0.29) is 0 Å². The van der Waals surface area contributed by atoms with Crippen molar-refractivity contribution in [3.05, 3.63) is 35.5 Å². The topological polar surface area (TPSA) is 55.0 Å². The summed E-state index contributed by atoms with van der Waals surface area (Å²) in [7, 11) is 4.03. The quantitative estimate of drug-likeness (QED) is 0.878. The molecule has 4 nitrogen and oxygen atoms in total. The van der Waals surface area contributed by atoms with E-state index < -0.39 is 0 Å². The number of nitrogens with two attached hydrogens (primary N) is 1. The van der Waals surface area contributed by atoms with E-state index in [0.29, 0.717) is 11.6 Å². The third-order valence-electron chi connectivity index (χ3n) is 3.07. The Hall–Kier alpha value is -2.10. The lowest BCUT2D eigenvalue weighted by Gasteiger charge is -2.13. The Labute approximate surface area is 107 Å². The Morgan fingerprint density at radius 1 is 1.00 bits per heavy atom. The highest BCUT2D eigenvalue weighted by molar-refractivity contribution is 5.62. The maximum Gasteiger partial charge on any atom is 0.161 e. The van der Waals surface area contributed by atoms with Crippen LogP contribution in [0, 0.1) is 13.8 Å². The minimum absolute atomic E-state index is 0.550. The number of hydrogen-bond acceptors (Lipinski definition) is 4. The van der Waals surface area contributed by atoms with Crippen molar-refractivity contribution in [1.29, 1.82) is 0 Å². The number of hydrogen-bond donors (Lipinski definition) is 1. The summed E-state index contributed by atoms with van der Waals surface area (Å²) in [6.45, 7) is 3.88. The Morgan fingerprint density at radius 3 is 2.11 bits per heavy atom. The van der Waals surface area contributed by atoms with Crippen molar-refractivity contribution in [2.24, 2.45) is 0 Å². The molecule has 0 saturated heterocycles. The first-order valence-electron chi connectivity index (χ1n) is 5.87. The fourth-order valence-electron chi connectivity index (χ4n) is 1.69. The van der Waals surface area contributed by atoms with Crippen molar-refractivity contribution in [3.8, 4) is 11.4 Å². The number of aryl methyl sites for hydroxylation is 1. The van der Waals surface area contributed by atoms with Crippen LogP contribution in [0.4, 0.5) is 11.5 Å². The average molecular weight is 242 g/mol. The molecule has 0 bridgehead atoms. The number of rotatable bonds is 2. The van der Waals surface area contributed by atoms with Gasteiger partial charge in [-0.05, 0) is 38.1 Å². The molecule has 18 heavy (non-hydrogen) atoms. The third-order valence-corrected chi connectivity index (χ3v) is 3.07. The molecule has 0 spiro atoms. The molecule has 2 aromatic rings. The van der Waals surface area contributed by atoms with Crippen molar-refractivity contribution in [1.82, 2.24) is 9.97 Å². The van der Waals surface area contributed by atoms with Gasteiger partial charge in [0.15, 0.2) is 5.82 Å². The Kier molecular flexibility index (Phi) is 3.19. The molecule has 2 N–H and O–H groups in total. The summed E-state index contributed by atoms with van der Waals surface area (Å²) in [5.41, 5.74) is 9.88. The average Bonchev–Trinajstić information content (AvgIpc) is 2.35. The molecular formula is C14H18N4. The van der Waals surface area contributed by atoms with Crippen LogP contribution < -0.4 is 10.6 Å². The van der Waals surface area contributed by atoms with Gasteiger partial charge in [-0.1, -0.05) is 0 Å². The lowest BCUT2D eigenvalue weighted by atomic mass is 10.1. The molecule has 1 aromatic heterocycles. The van der Waals surface area contributed by atoms with Crippen molar-refractivity contribution in [2.45, 2.75) is 13.8 Å². The van der Waals surface area contributed by atoms with Crippen LogP contribution in [0.2, 0.25) is 0 Å². The lowest BCUT2D eigenvalue weighted by molar-refractivity contribution is 1.08. The molecule has 94 valence electrons. The van der Waals surface area contributed by atoms with Gasteiger partial charge in [-0.3, -0.25) is 0 Å². The second-order valence-corrected chi connectivity index (χ2v) is 4.58. The molecule has 0 atom stereocenters. The second-order valence-electron chi connectivity index (χ2n) is 4.58. The lowest BCUT2D eigenvalue weighted by Crippen LogP contribution is -2.08. The molecule has 0 aliphatic heterocycles. The maximum absolute atomic E-state index is 5.88. The maximum atomic E-state index is 5.88. The zero-order chi connectivity index (χ0) is 13.3. The van der Waals surface area contributed by atoms with Gasteiger partial charge in [-0.15, -0.1) is 0 Å².